The van der Waals surface area contributed by atoms with Crippen LogP contribution >= 0.6 is 0 Å². The van der Waals surface area contributed by atoms with E-state index in [1.54, 1.807) is 14.7 Å². The first-order valence-corrected chi connectivity index (χ1v) is 28.1. The molecule has 0 aliphatic heterocycles. The lowest BCUT2D eigenvalue weighted by Gasteiger charge is -2.42. The summed E-state index contributed by atoms with van der Waals surface area (Å²) in [4.78, 5) is 4.65. The number of quaternary nitrogens is 1. The molecule has 68 heavy (non-hydrogen) atoms. The van der Waals surface area contributed by atoms with Crippen LogP contribution in [-0.4, -0.2) is 271 Å². The Morgan fingerprint density at radius 1 is 0.353 bits per heavy atom. The highest BCUT2D eigenvalue weighted by Crippen LogP contribution is 2.25. The largest absolute Gasteiger partial charge is 0.501 e. The molecule has 0 aromatic carbocycles. The van der Waals surface area contributed by atoms with Crippen molar-refractivity contribution in [2.45, 2.75) is 146 Å². The molecule has 410 valence electrons. The Bertz CT molecular complexity index is 998. The zero-order valence-corrected chi connectivity index (χ0v) is 44.1. The zero-order valence-electron chi connectivity index (χ0n) is 43.1. The first kappa shape index (κ1) is 67.5. The summed E-state index contributed by atoms with van der Waals surface area (Å²) in [6.45, 7) is 0.686. The molecule has 12 N–H and O–H groups in total. The number of nitrogens with zero attached hydrogens (tertiary/aromatic N) is 4. The van der Waals surface area contributed by atoms with Gasteiger partial charge < -0.3 is 79.0 Å². The third-order valence-corrected chi connectivity index (χ3v) is 17.0. The lowest BCUT2D eigenvalue weighted by molar-refractivity contribution is -0.910. The maximum atomic E-state index is 10.3. The van der Waals surface area contributed by atoms with Gasteiger partial charge in [-0.15, -0.1) is 0 Å². The van der Waals surface area contributed by atoms with Crippen LogP contribution in [0.4, 0.5) is 0 Å². The van der Waals surface area contributed by atoms with Gasteiger partial charge in [0, 0.05) is 51.7 Å². The third-order valence-electron chi connectivity index (χ3n) is 14.1. The highest BCUT2D eigenvalue weighted by Gasteiger charge is 2.45. The molecular weight excluding hydrogens is 901 g/mol. The van der Waals surface area contributed by atoms with Gasteiger partial charge in [-0.1, -0.05) is 90.9 Å². The average molecular weight is 1010 g/mol. The molecule has 0 bridgehead atoms. The fourth-order valence-corrected chi connectivity index (χ4v) is 11.5. The van der Waals surface area contributed by atoms with E-state index in [0.29, 0.717) is 12.5 Å². The van der Waals surface area contributed by atoms with Crippen molar-refractivity contribution in [1.29, 1.82) is 0 Å². The van der Waals surface area contributed by atoms with Crippen molar-refractivity contribution < 1.29 is 79.0 Å². The van der Waals surface area contributed by atoms with Crippen LogP contribution in [-0.2, 0) is 13.3 Å². The SMILES string of the molecule is CCCCCCCCCC[N+](C)(CCCCCCCCCC)CCC[Si](OCCN(CCO)C(CO)(CO)CO)(OCCN(CCO)C(CO)(CO)CO)OCCN(CCO)C(CO)(CO)CO. The molecule has 0 saturated carbocycles. The molecule has 0 unspecified atom stereocenters. The molecule has 0 atom stereocenters. The Balaban J connectivity index is 7.04. The van der Waals surface area contributed by atoms with Gasteiger partial charge in [-0.3, -0.25) is 14.7 Å². The second-order valence-electron chi connectivity index (χ2n) is 19.3. The standard InChI is InChI=1S/C48H105N4O15Si/c1-4-6-8-10-12-14-16-18-27-52(3,28-19-17-15-13-11-9-7-5-2)29-20-36-68(65-33-24-49(21-30-53)46(37-56,38-57)39-58,66-34-25-50(22-31-54)47(40-59,41-60)42-61)67-35-26-51(23-32-55)48(43-62,44-63)45-64/h53-64H,4-45H2,1-3H3/q+1. The van der Waals surface area contributed by atoms with E-state index in [1.165, 1.54) is 77.0 Å². The number of aliphatic hydroxyl groups is 12. The molecule has 19 nitrogen and oxygen atoms in total. The van der Waals surface area contributed by atoms with E-state index < -0.39 is 84.9 Å². The molecule has 0 aliphatic rings. The molecule has 0 aromatic heterocycles. The molecule has 0 heterocycles. The van der Waals surface area contributed by atoms with Crippen LogP contribution in [0.3, 0.4) is 0 Å². The van der Waals surface area contributed by atoms with Gasteiger partial charge >= 0.3 is 8.80 Å². The number of rotatable bonds is 52. The van der Waals surface area contributed by atoms with Gasteiger partial charge in [0.15, 0.2) is 0 Å². The molecule has 0 aliphatic carbocycles. The average Bonchev–Trinajstić information content (AvgIpc) is 3.35. The molecule has 0 fully saturated rings. The number of aliphatic hydroxyl groups excluding tert-OH is 12. The van der Waals surface area contributed by atoms with Crippen molar-refractivity contribution in [1.82, 2.24) is 14.7 Å². The van der Waals surface area contributed by atoms with Gasteiger partial charge in [0.1, 0.15) is 0 Å². The molecule has 0 amide bonds. The maximum absolute atomic E-state index is 10.3. The van der Waals surface area contributed by atoms with Gasteiger partial charge in [-0.2, -0.15) is 0 Å². The van der Waals surface area contributed by atoms with Gasteiger partial charge in [0.2, 0.25) is 0 Å². The summed E-state index contributed by atoms with van der Waals surface area (Å²) >= 11 is 0. The lowest BCUT2D eigenvalue weighted by atomic mass is 10.0. The van der Waals surface area contributed by atoms with Crippen molar-refractivity contribution in [3.8, 4) is 0 Å². The van der Waals surface area contributed by atoms with E-state index in [2.05, 4.69) is 20.9 Å². The summed E-state index contributed by atoms with van der Waals surface area (Å²) < 4.78 is 21.1. The van der Waals surface area contributed by atoms with E-state index >= 15 is 0 Å². The van der Waals surface area contributed by atoms with Crippen LogP contribution in [0.5, 0.6) is 0 Å². The van der Waals surface area contributed by atoms with Gasteiger partial charge in [0.25, 0.3) is 0 Å². The van der Waals surface area contributed by atoms with Gasteiger partial charge in [-0.25, -0.2) is 0 Å². The Morgan fingerprint density at radius 2 is 0.603 bits per heavy atom. The van der Waals surface area contributed by atoms with Gasteiger partial charge in [0.05, 0.1) is 142 Å². The van der Waals surface area contributed by atoms with E-state index in [-0.39, 0.29) is 78.9 Å². The van der Waals surface area contributed by atoms with Crippen molar-refractivity contribution >= 4 is 8.80 Å². The predicted molar refractivity (Wildman–Crippen MR) is 267 cm³/mol. The second-order valence-corrected chi connectivity index (χ2v) is 22.0. The normalized spacial score (nSPS) is 13.3. The maximum Gasteiger partial charge on any atom is 0.501 e. The summed E-state index contributed by atoms with van der Waals surface area (Å²) in [5.41, 5.74) is -4.41. The monoisotopic (exact) mass is 1010 g/mol. The van der Waals surface area contributed by atoms with E-state index in [4.69, 9.17) is 13.3 Å². The number of unbranched alkanes of at least 4 members (excludes halogenated alkanes) is 14. The molecular formula is C48H105N4O15Si+. The summed E-state index contributed by atoms with van der Waals surface area (Å²) in [6.07, 6.45) is 20.1. The van der Waals surface area contributed by atoms with Crippen molar-refractivity contribution in [3.63, 3.8) is 0 Å². The molecule has 0 rings (SSSR count). The minimum absolute atomic E-state index is 0.00200. The molecule has 0 spiro atoms. The summed E-state index contributed by atoms with van der Waals surface area (Å²) in [5.74, 6) is 0. The number of β-amino-alcohol motifs (C(OH)–C–C–N with tert-alkyl or cyclic N) is 3. The minimum Gasteiger partial charge on any atom is -0.395 e. The summed E-state index contributed by atoms with van der Waals surface area (Å²) in [6, 6.07) is 0.317. The van der Waals surface area contributed by atoms with Crippen LogP contribution in [0.15, 0.2) is 0 Å². The molecule has 0 aromatic rings. The lowest BCUT2D eigenvalue weighted by Crippen LogP contribution is -2.61. The van der Waals surface area contributed by atoms with Crippen LogP contribution in [0, 0.1) is 0 Å². The zero-order chi connectivity index (χ0) is 51.1. The highest BCUT2D eigenvalue weighted by atomic mass is 28.4. The molecule has 0 radical (unpaired) electrons. The van der Waals surface area contributed by atoms with Crippen LogP contribution in [0.1, 0.15) is 123 Å². The first-order valence-electron chi connectivity index (χ1n) is 26.2. The van der Waals surface area contributed by atoms with Crippen LogP contribution in [0.2, 0.25) is 6.04 Å². The Morgan fingerprint density at radius 3 is 0.853 bits per heavy atom. The van der Waals surface area contributed by atoms with Crippen LogP contribution < -0.4 is 0 Å². The van der Waals surface area contributed by atoms with Crippen molar-refractivity contribution in [2.24, 2.45) is 0 Å². The molecule has 20 heteroatoms. The van der Waals surface area contributed by atoms with Crippen molar-refractivity contribution in [3.05, 3.63) is 0 Å². The second kappa shape index (κ2) is 40.9. The Kier molecular flexibility index (Phi) is 40.6. The highest BCUT2D eigenvalue weighted by molar-refractivity contribution is 6.60. The van der Waals surface area contributed by atoms with E-state index in [1.807, 2.05) is 0 Å². The van der Waals surface area contributed by atoms with Gasteiger partial charge in [-0.05, 0) is 25.7 Å². The number of hydrogen-bond acceptors (Lipinski definition) is 18. The topological polar surface area (TPSA) is 280 Å². The quantitative estimate of drug-likeness (QED) is 0.0219. The van der Waals surface area contributed by atoms with Crippen molar-refractivity contribution in [2.75, 3.05) is 165 Å². The first-order chi connectivity index (χ1) is 32.9. The minimum atomic E-state index is -3.89. The fraction of sp³-hybridized carbons (Fsp3) is 1.00. The number of hydrogen-bond donors (Lipinski definition) is 12. The summed E-state index contributed by atoms with van der Waals surface area (Å²) in [7, 11) is -1.58. The Labute approximate surface area is 412 Å². The Hall–Kier alpha value is -0.543. The predicted octanol–water partition coefficient (Wildman–Crippen LogP) is 0.123. The summed E-state index contributed by atoms with van der Waals surface area (Å²) in [5, 5.41) is 123. The van der Waals surface area contributed by atoms with Crippen LogP contribution in [0.25, 0.3) is 0 Å². The third kappa shape index (κ3) is 24.9. The van der Waals surface area contributed by atoms with E-state index in [9.17, 15) is 61.3 Å². The smallest absolute Gasteiger partial charge is 0.395 e. The van der Waals surface area contributed by atoms with E-state index in [0.717, 1.165) is 49.8 Å². The fourth-order valence-electron chi connectivity index (χ4n) is 9.01. The molecule has 0 saturated heterocycles.